The third-order valence-corrected chi connectivity index (χ3v) is 5.38. The number of fused-ring (bicyclic) bond motifs is 1. The normalized spacial score (nSPS) is 26.1. The topological polar surface area (TPSA) is 71.1 Å². The summed E-state index contributed by atoms with van der Waals surface area (Å²) in [6, 6.07) is 14.3. The Kier molecular flexibility index (Phi) is 5.55. The van der Waals surface area contributed by atoms with Crippen LogP contribution in [0.4, 0.5) is 0 Å². The van der Waals surface area contributed by atoms with E-state index in [1.807, 2.05) is 12.1 Å². The highest BCUT2D eigenvalue weighted by Crippen LogP contribution is 2.33. The van der Waals surface area contributed by atoms with E-state index in [1.54, 1.807) is 36.4 Å². The Morgan fingerprint density at radius 1 is 0.714 bits per heavy atom. The number of rotatable bonds is 6. The molecule has 0 bridgehead atoms. The Bertz CT molecular complexity index is 828. The van der Waals surface area contributed by atoms with Crippen molar-refractivity contribution < 1.29 is 28.5 Å². The summed E-state index contributed by atoms with van der Waals surface area (Å²) in [5.74, 6) is -1.19. The number of benzene rings is 2. The molecule has 2 aromatic rings. The van der Waals surface area contributed by atoms with Gasteiger partial charge in [0.25, 0.3) is 0 Å². The van der Waals surface area contributed by atoms with Crippen molar-refractivity contribution in [3.05, 3.63) is 69.7 Å². The van der Waals surface area contributed by atoms with Gasteiger partial charge in [0.2, 0.25) is 0 Å². The second-order valence-corrected chi connectivity index (χ2v) is 7.26. The van der Waals surface area contributed by atoms with Gasteiger partial charge in [-0.3, -0.25) is 0 Å². The van der Waals surface area contributed by atoms with Crippen molar-refractivity contribution in [1.82, 2.24) is 0 Å². The smallest absolute Gasteiger partial charge is 0.339 e. The monoisotopic (exact) mass is 422 g/mol. The van der Waals surface area contributed by atoms with E-state index in [2.05, 4.69) is 0 Å². The minimum Gasteiger partial charge on any atom is -0.453 e. The SMILES string of the molecule is O=C1O[C@@H]2[C@@H](OC(=O)[C@@H]2OCc2ccccc2Cl)[C@H]1OCc1ccccc1Cl. The Balaban J connectivity index is 1.41. The molecule has 8 heteroatoms. The lowest BCUT2D eigenvalue weighted by Crippen LogP contribution is -2.34. The summed E-state index contributed by atoms with van der Waals surface area (Å²) in [7, 11) is 0. The van der Waals surface area contributed by atoms with Gasteiger partial charge in [0.05, 0.1) is 13.2 Å². The molecule has 2 aromatic carbocycles. The van der Waals surface area contributed by atoms with Gasteiger partial charge in [-0.15, -0.1) is 0 Å². The van der Waals surface area contributed by atoms with Crippen molar-refractivity contribution >= 4 is 35.1 Å². The molecule has 0 aromatic heterocycles. The third kappa shape index (κ3) is 3.73. The van der Waals surface area contributed by atoms with Crippen LogP contribution in [0.3, 0.4) is 0 Å². The minimum atomic E-state index is -1.03. The number of hydrogen-bond acceptors (Lipinski definition) is 6. The van der Waals surface area contributed by atoms with Gasteiger partial charge in [-0.05, 0) is 23.3 Å². The maximum atomic E-state index is 12.2. The van der Waals surface area contributed by atoms with Gasteiger partial charge in [0, 0.05) is 10.0 Å². The average molecular weight is 423 g/mol. The molecule has 2 aliphatic heterocycles. The first-order valence-corrected chi connectivity index (χ1v) is 9.41. The van der Waals surface area contributed by atoms with Crippen molar-refractivity contribution in [1.29, 1.82) is 0 Å². The fourth-order valence-electron chi connectivity index (χ4n) is 3.19. The maximum Gasteiger partial charge on any atom is 0.339 e. The number of halogens is 2. The van der Waals surface area contributed by atoms with Crippen LogP contribution in [0.5, 0.6) is 0 Å². The number of ether oxygens (including phenoxy) is 4. The Labute approximate surface area is 171 Å². The fourth-order valence-corrected chi connectivity index (χ4v) is 3.57. The molecule has 2 heterocycles. The van der Waals surface area contributed by atoms with Crippen LogP contribution >= 0.6 is 23.2 Å². The quantitative estimate of drug-likeness (QED) is 0.664. The van der Waals surface area contributed by atoms with E-state index in [-0.39, 0.29) is 13.2 Å². The van der Waals surface area contributed by atoms with Gasteiger partial charge in [0.15, 0.2) is 24.4 Å². The molecular formula is C20H16Cl2O6. The van der Waals surface area contributed by atoms with Crippen molar-refractivity contribution in [2.24, 2.45) is 0 Å². The lowest BCUT2D eigenvalue weighted by molar-refractivity contribution is -0.165. The zero-order valence-electron chi connectivity index (χ0n) is 14.5. The van der Waals surface area contributed by atoms with Gasteiger partial charge in [-0.1, -0.05) is 59.6 Å². The highest BCUT2D eigenvalue weighted by Gasteiger charge is 2.59. The Hall–Kier alpha value is -2.12. The summed E-state index contributed by atoms with van der Waals surface area (Å²) in [5.41, 5.74) is 1.44. The molecule has 0 radical (unpaired) electrons. The van der Waals surface area contributed by atoms with Crippen LogP contribution in [0.15, 0.2) is 48.5 Å². The summed E-state index contributed by atoms with van der Waals surface area (Å²) in [5, 5.41) is 1.05. The van der Waals surface area contributed by atoms with Crippen LogP contribution in [-0.4, -0.2) is 36.4 Å². The van der Waals surface area contributed by atoms with Crippen molar-refractivity contribution in [2.45, 2.75) is 37.6 Å². The largest absolute Gasteiger partial charge is 0.453 e. The Morgan fingerprint density at radius 2 is 1.11 bits per heavy atom. The predicted molar refractivity (Wildman–Crippen MR) is 99.8 cm³/mol. The molecule has 0 unspecified atom stereocenters. The van der Waals surface area contributed by atoms with Crippen LogP contribution < -0.4 is 0 Å². The van der Waals surface area contributed by atoms with Crippen LogP contribution in [-0.2, 0) is 41.8 Å². The molecular weight excluding hydrogens is 407 g/mol. The van der Waals surface area contributed by atoms with E-state index in [9.17, 15) is 9.59 Å². The highest BCUT2D eigenvalue weighted by atomic mass is 35.5. The molecule has 0 aliphatic carbocycles. The summed E-state index contributed by atoms with van der Waals surface area (Å²) < 4.78 is 22.0. The molecule has 2 aliphatic rings. The van der Waals surface area contributed by atoms with Gasteiger partial charge in [-0.2, -0.15) is 0 Å². The number of carbonyl (C=O) groups is 2. The van der Waals surface area contributed by atoms with Crippen molar-refractivity contribution in [3.63, 3.8) is 0 Å². The molecule has 0 spiro atoms. The number of esters is 2. The van der Waals surface area contributed by atoms with Crippen molar-refractivity contribution in [2.75, 3.05) is 0 Å². The molecule has 28 heavy (non-hydrogen) atoms. The van der Waals surface area contributed by atoms with E-state index in [1.165, 1.54) is 0 Å². The first-order valence-electron chi connectivity index (χ1n) is 8.65. The second-order valence-electron chi connectivity index (χ2n) is 6.45. The maximum absolute atomic E-state index is 12.2. The first-order chi connectivity index (χ1) is 13.5. The van der Waals surface area contributed by atoms with E-state index < -0.39 is 36.4 Å². The highest BCUT2D eigenvalue weighted by molar-refractivity contribution is 6.31. The minimum absolute atomic E-state index is 0.0886. The average Bonchev–Trinajstić information content (AvgIpc) is 3.14. The summed E-state index contributed by atoms with van der Waals surface area (Å²) in [6.07, 6.45) is -3.78. The molecule has 6 nitrogen and oxygen atoms in total. The van der Waals surface area contributed by atoms with Crippen molar-refractivity contribution in [3.8, 4) is 0 Å². The molecule has 0 amide bonds. The lowest BCUT2D eigenvalue weighted by atomic mass is 10.1. The zero-order chi connectivity index (χ0) is 19.7. The van der Waals surface area contributed by atoms with Crippen LogP contribution in [0.2, 0.25) is 10.0 Å². The summed E-state index contributed by atoms with van der Waals surface area (Å²) >= 11 is 12.2. The molecule has 0 N–H and O–H groups in total. The van der Waals surface area contributed by atoms with Crippen LogP contribution in [0.1, 0.15) is 11.1 Å². The molecule has 2 fully saturated rings. The summed E-state index contributed by atoms with van der Waals surface area (Å²) in [4.78, 5) is 24.5. The number of carbonyl (C=O) groups excluding carboxylic acids is 2. The van der Waals surface area contributed by atoms with Crippen LogP contribution in [0, 0.1) is 0 Å². The van der Waals surface area contributed by atoms with Crippen LogP contribution in [0.25, 0.3) is 0 Å². The van der Waals surface area contributed by atoms with E-state index >= 15 is 0 Å². The van der Waals surface area contributed by atoms with Gasteiger partial charge in [0.1, 0.15) is 0 Å². The molecule has 146 valence electrons. The van der Waals surface area contributed by atoms with Gasteiger partial charge >= 0.3 is 11.9 Å². The molecule has 2 saturated heterocycles. The Morgan fingerprint density at radius 3 is 1.50 bits per heavy atom. The van der Waals surface area contributed by atoms with E-state index in [0.717, 1.165) is 11.1 Å². The molecule has 4 atom stereocenters. The van der Waals surface area contributed by atoms with E-state index in [0.29, 0.717) is 10.0 Å². The fraction of sp³-hybridized carbons (Fsp3) is 0.300. The summed E-state index contributed by atoms with van der Waals surface area (Å²) in [6.45, 7) is 0.177. The number of hydrogen-bond donors (Lipinski definition) is 0. The van der Waals surface area contributed by atoms with Gasteiger partial charge < -0.3 is 18.9 Å². The molecule has 0 saturated carbocycles. The second kappa shape index (κ2) is 8.09. The zero-order valence-corrected chi connectivity index (χ0v) is 16.1. The van der Waals surface area contributed by atoms with E-state index in [4.69, 9.17) is 42.1 Å². The standard InChI is InChI=1S/C20H16Cl2O6/c21-13-7-3-1-5-11(13)9-25-17-15-16(28-19(17)23)18(20(24)27-15)26-10-12-6-2-4-8-14(12)22/h1-8,15-18H,9-10H2/t15-,16-,17-,18-/m1/s1. The molecule has 4 rings (SSSR count). The third-order valence-electron chi connectivity index (χ3n) is 4.64. The van der Waals surface area contributed by atoms with Gasteiger partial charge in [-0.25, -0.2) is 9.59 Å². The first kappa shape index (κ1) is 19.2. The lowest BCUT2D eigenvalue weighted by Gasteiger charge is -2.14. The predicted octanol–water partition coefficient (Wildman–Crippen LogP) is 3.31.